The summed E-state index contributed by atoms with van der Waals surface area (Å²) in [6.45, 7) is 6.60. The van der Waals surface area contributed by atoms with E-state index in [0.717, 1.165) is 17.1 Å². The third-order valence-corrected chi connectivity index (χ3v) is 12.7. The number of anilines is 3. The van der Waals surface area contributed by atoms with Gasteiger partial charge < -0.3 is 4.90 Å². The highest BCUT2D eigenvalue weighted by molar-refractivity contribution is 7.25. The van der Waals surface area contributed by atoms with Gasteiger partial charge in [-0.05, 0) is 117 Å². The van der Waals surface area contributed by atoms with Gasteiger partial charge in [0.2, 0.25) is 0 Å². The third-order valence-electron chi connectivity index (χ3n) is 11.6. The van der Waals surface area contributed by atoms with Gasteiger partial charge >= 0.3 is 0 Å². The summed E-state index contributed by atoms with van der Waals surface area (Å²) in [7, 11) is 0. The van der Waals surface area contributed by atoms with Crippen molar-refractivity contribution in [1.82, 2.24) is 0 Å². The van der Waals surface area contributed by atoms with E-state index < -0.39 is 5.41 Å². The lowest BCUT2D eigenvalue weighted by atomic mass is 9.67. The van der Waals surface area contributed by atoms with Crippen LogP contribution >= 0.6 is 11.3 Å². The molecule has 8 aromatic carbocycles. The van der Waals surface area contributed by atoms with E-state index in [4.69, 9.17) is 0 Å². The number of fused-ring (bicyclic) bond motifs is 4. The highest BCUT2D eigenvalue weighted by Crippen LogP contribution is 2.55. The van der Waals surface area contributed by atoms with Gasteiger partial charge in [-0.25, -0.2) is 0 Å². The Morgan fingerprint density at radius 1 is 0.464 bits per heavy atom. The first kappa shape index (κ1) is 33.8. The third kappa shape index (κ3) is 5.45. The fourth-order valence-corrected chi connectivity index (χ4v) is 10.0. The molecule has 0 amide bonds. The van der Waals surface area contributed by atoms with Crippen molar-refractivity contribution < 1.29 is 0 Å². The maximum absolute atomic E-state index is 4.37. The Labute approximate surface area is 332 Å². The van der Waals surface area contributed by atoms with Crippen molar-refractivity contribution in [2.24, 2.45) is 0 Å². The fraction of sp³-hybridized carbons (Fsp3) is 0.0370. The maximum atomic E-state index is 4.37. The van der Waals surface area contributed by atoms with Gasteiger partial charge in [0.05, 0.1) is 5.41 Å². The van der Waals surface area contributed by atoms with Crippen LogP contribution in [0, 0.1) is 0 Å². The molecule has 1 aliphatic carbocycles. The van der Waals surface area contributed by atoms with E-state index in [0.29, 0.717) is 0 Å². The second kappa shape index (κ2) is 13.8. The van der Waals surface area contributed by atoms with Gasteiger partial charge in [-0.1, -0.05) is 158 Å². The summed E-state index contributed by atoms with van der Waals surface area (Å²) in [4.78, 5) is 2.37. The minimum Gasteiger partial charge on any atom is -0.311 e. The summed E-state index contributed by atoms with van der Waals surface area (Å²) in [5.41, 5.74) is 15.2. The van der Waals surface area contributed by atoms with Gasteiger partial charge in [-0.15, -0.1) is 11.3 Å². The number of rotatable bonds is 8. The van der Waals surface area contributed by atoms with Crippen LogP contribution in [0.25, 0.3) is 48.0 Å². The van der Waals surface area contributed by atoms with Crippen LogP contribution in [0.3, 0.4) is 0 Å². The monoisotopic (exact) mass is 733 g/mol. The largest absolute Gasteiger partial charge is 0.311 e. The Hall–Kier alpha value is -6.74. The molecule has 1 atom stereocenters. The van der Waals surface area contributed by atoms with Crippen LogP contribution < -0.4 is 4.90 Å². The average Bonchev–Trinajstić information content (AvgIpc) is 3.77. The van der Waals surface area contributed by atoms with Gasteiger partial charge in [0, 0.05) is 37.2 Å². The molecule has 0 saturated carbocycles. The molecule has 0 aliphatic heterocycles. The van der Waals surface area contributed by atoms with Crippen molar-refractivity contribution in [2.75, 3.05) is 4.90 Å². The van der Waals surface area contributed by atoms with Crippen LogP contribution in [-0.2, 0) is 5.41 Å². The Bertz CT molecular complexity index is 2900. The molecule has 1 heterocycles. The van der Waals surface area contributed by atoms with Crippen LogP contribution in [0.5, 0.6) is 0 Å². The number of nitrogens with zero attached hydrogens (tertiary/aromatic N) is 1. The number of allylic oxidation sites excluding steroid dienone is 3. The molecule has 1 nitrogen and oxygen atoms in total. The van der Waals surface area contributed by atoms with Crippen LogP contribution in [0.1, 0.15) is 29.2 Å². The zero-order chi connectivity index (χ0) is 37.6. The second-order valence-electron chi connectivity index (χ2n) is 14.6. The molecule has 56 heavy (non-hydrogen) atoms. The van der Waals surface area contributed by atoms with Gasteiger partial charge in [0.15, 0.2) is 0 Å². The highest BCUT2D eigenvalue weighted by Gasteiger charge is 2.45. The summed E-state index contributed by atoms with van der Waals surface area (Å²) in [6.07, 6.45) is 2.07. The smallest absolute Gasteiger partial charge is 0.0710 e. The average molecular weight is 734 g/mol. The molecule has 266 valence electrons. The molecule has 1 aliphatic rings. The van der Waals surface area contributed by atoms with Crippen LogP contribution in [0.4, 0.5) is 17.1 Å². The Kier molecular flexibility index (Phi) is 8.35. The van der Waals surface area contributed by atoms with Crippen LogP contribution in [-0.4, -0.2) is 0 Å². The molecule has 0 bridgehead atoms. The zero-order valence-corrected chi connectivity index (χ0v) is 32.0. The first-order chi connectivity index (χ1) is 27.6. The predicted molar refractivity (Wildman–Crippen MR) is 240 cm³/mol. The minimum atomic E-state index is -0.471. The summed E-state index contributed by atoms with van der Waals surface area (Å²) < 4.78 is 2.65. The maximum Gasteiger partial charge on any atom is 0.0710 e. The van der Waals surface area contributed by atoms with E-state index in [9.17, 15) is 0 Å². The van der Waals surface area contributed by atoms with Crippen molar-refractivity contribution in [2.45, 2.75) is 12.3 Å². The van der Waals surface area contributed by atoms with Crippen LogP contribution in [0.2, 0.25) is 0 Å². The van der Waals surface area contributed by atoms with Gasteiger partial charge in [0.1, 0.15) is 0 Å². The van der Waals surface area contributed by atoms with Crippen LogP contribution in [0.15, 0.2) is 218 Å². The van der Waals surface area contributed by atoms with Gasteiger partial charge in [-0.3, -0.25) is 0 Å². The lowest BCUT2D eigenvalue weighted by Gasteiger charge is -2.35. The van der Waals surface area contributed by atoms with Crippen molar-refractivity contribution in [1.29, 1.82) is 0 Å². The topological polar surface area (TPSA) is 3.24 Å². The summed E-state index contributed by atoms with van der Waals surface area (Å²) in [5, 5.41) is 2.63. The van der Waals surface area contributed by atoms with Gasteiger partial charge in [-0.2, -0.15) is 0 Å². The van der Waals surface area contributed by atoms with E-state index in [1.165, 1.54) is 75.8 Å². The van der Waals surface area contributed by atoms with E-state index in [1.54, 1.807) is 0 Å². The molecule has 0 saturated heterocycles. The number of hydrogen-bond acceptors (Lipinski definition) is 2. The Morgan fingerprint density at radius 2 is 0.964 bits per heavy atom. The van der Waals surface area contributed by atoms with Gasteiger partial charge in [0.25, 0.3) is 0 Å². The summed E-state index contributed by atoms with van der Waals surface area (Å²) >= 11 is 1.86. The van der Waals surface area contributed by atoms with E-state index in [1.807, 2.05) is 11.3 Å². The normalized spacial score (nSPS) is 14.9. The van der Waals surface area contributed by atoms with E-state index >= 15 is 0 Å². The molecule has 0 fully saturated rings. The minimum absolute atomic E-state index is 0.471. The molecule has 0 N–H and O–H groups in total. The molecule has 1 unspecified atom stereocenters. The first-order valence-corrected chi connectivity index (χ1v) is 20.0. The summed E-state index contributed by atoms with van der Waals surface area (Å²) in [5.74, 6) is 0. The molecule has 1 aromatic heterocycles. The van der Waals surface area contributed by atoms with Crippen molar-refractivity contribution in [3.8, 4) is 22.3 Å². The molecule has 0 spiro atoms. The standard InChI is InChI=1S/C54H39NS/c1-3-50-37(2)47-18-10-12-20-51(47)54(50,42-16-8-5-9-17-42)43-27-33-46(34-28-43)55(44-29-22-39(23-30-44)38-14-6-4-7-15-38)45-31-24-40(25-32-45)41-26-35-53-49(36-41)48-19-11-13-21-52(48)56-53/h3-36H,1H2,2H3. The molecular formula is C54H39NS. The molecule has 0 radical (unpaired) electrons. The number of benzene rings is 8. The highest BCUT2D eigenvalue weighted by atomic mass is 32.1. The molecular weight excluding hydrogens is 695 g/mol. The summed E-state index contributed by atoms with van der Waals surface area (Å²) in [6, 6.07) is 73.1. The van der Waals surface area contributed by atoms with E-state index in [-0.39, 0.29) is 0 Å². The Balaban J connectivity index is 1.08. The lowest BCUT2D eigenvalue weighted by Crippen LogP contribution is -2.29. The zero-order valence-electron chi connectivity index (χ0n) is 31.2. The van der Waals surface area contributed by atoms with Crippen molar-refractivity contribution in [3.63, 3.8) is 0 Å². The van der Waals surface area contributed by atoms with Crippen molar-refractivity contribution >= 4 is 54.1 Å². The SMILES string of the molecule is C=CC1=C(C)c2ccccc2C1(c1ccccc1)c1ccc(N(c2ccc(-c3ccccc3)cc2)c2ccc(-c3ccc4sc5ccccc5c4c3)cc2)cc1. The van der Waals surface area contributed by atoms with E-state index in [2.05, 4.69) is 225 Å². The molecule has 2 heteroatoms. The molecule has 10 rings (SSSR count). The second-order valence-corrected chi connectivity index (χ2v) is 15.6. The predicted octanol–water partition coefficient (Wildman–Crippen LogP) is 15.2. The number of thiophene rings is 1. The lowest BCUT2D eigenvalue weighted by molar-refractivity contribution is 0.761. The quantitative estimate of drug-likeness (QED) is 0.150. The first-order valence-electron chi connectivity index (χ1n) is 19.2. The fourth-order valence-electron chi connectivity index (χ4n) is 8.94. The number of hydrogen-bond donors (Lipinski definition) is 0. The molecule has 9 aromatic rings. The Morgan fingerprint density at radius 3 is 1.64 bits per heavy atom. The van der Waals surface area contributed by atoms with Crippen molar-refractivity contribution in [3.05, 3.63) is 241 Å².